The Labute approximate surface area is 189 Å². The maximum Gasteiger partial charge on any atom is 0.139 e. The summed E-state index contributed by atoms with van der Waals surface area (Å²) >= 11 is 0. The second-order valence-electron chi connectivity index (χ2n) is 9.11. The Morgan fingerprint density at radius 2 is 1.16 bits per heavy atom. The van der Waals surface area contributed by atoms with E-state index in [2.05, 4.69) is 117 Å². The lowest BCUT2D eigenvalue weighted by Gasteiger charge is -2.26. The second-order valence-corrected chi connectivity index (χ2v) is 9.11. The Morgan fingerprint density at radius 1 is 0.594 bits per heavy atom. The Kier molecular flexibility index (Phi) is 5.07. The Bertz CT molecular complexity index is 1300. The molecular weight excluding hydrogens is 390 g/mol. The summed E-state index contributed by atoms with van der Waals surface area (Å²) in [5.74, 6) is 0.946. The molecule has 0 unspecified atom stereocenters. The highest BCUT2D eigenvalue weighted by Crippen LogP contribution is 2.43. The summed E-state index contributed by atoms with van der Waals surface area (Å²) in [6, 6.07) is 37.9. The summed E-state index contributed by atoms with van der Waals surface area (Å²) < 4.78 is 6.44. The van der Waals surface area contributed by atoms with E-state index in [-0.39, 0.29) is 5.41 Å². The lowest BCUT2D eigenvalue weighted by molar-refractivity contribution is 0.568. The monoisotopic (exact) mass is 417 g/mol. The van der Waals surface area contributed by atoms with Gasteiger partial charge < -0.3 is 9.32 Å². The van der Waals surface area contributed by atoms with Crippen molar-refractivity contribution >= 4 is 28.0 Å². The third kappa shape index (κ3) is 3.69. The van der Waals surface area contributed by atoms with Crippen molar-refractivity contribution in [3.63, 3.8) is 0 Å². The van der Waals surface area contributed by atoms with Gasteiger partial charge in [0.1, 0.15) is 11.3 Å². The minimum absolute atomic E-state index is 0.0452. The standard InChI is InChI=1S/C30H27NO/c1-30(2,3)28-26-19-10-11-20-27(26)32-29(28)22-13-12-18-25(21-22)31(23-14-6-4-7-15-23)24-16-8-5-9-17-24/h4-21H,1-3H3. The van der Waals surface area contributed by atoms with Crippen LogP contribution in [0.1, 0.15) is 26.3 Å². The molecule has 0 bridgehead atoms. The van der Waals surface area contributed by atoms with E-state index in [4.69, 9.17) is 4.42 Å². The molecule has 0 radical (unpaired) electrons. The van der Waals surface area contributed by atoms with Crippen LogP contribution in [0, 0.1) is 0 Å². The van der Waals surface area contributed by atoms with Gasteiger partial charge in [-0.1, -0.05) is 87.5 Å². The van der Waals surface area contributed by atoms with E-state index in [0.29, 0.717) is 0 Å². The highest BCUT2D eigenvalue weighted by Gasteiger charge is 2.26. The van der Waals surface area contributed by atoms with Crippen LogP contribution in [0.3, 0.4) is 0 Å². The van der Waals surface area contributed by atoms with Gasteiger partial charge in [-0.15, -0.1) is 0 Å². The van der Waals surface area contributed by atoms with Crippen LogP contribution in [-0.2, 0) is 5.41 Å². The minimum Gasteiger partial charge on any atom is -0.456 e. The fourth-order valence-electron chi connectivity index (χ4n) is 4.38. The molecule has 2 heteroatoms. The van der Waals surface area contributed by atoms with Crippen LogP contribution in [0.25, 0.3) is 22.3 Å². The zero-order chi connectivity index (χ0) is 22.1. The molecule has 1 heterocycles. The molecule has 1 aromatic heterocycles. The van der Waals surface area contributed by atoms with Crippen molar-refractivity contribution in [2.75, 3.05) is 4.90 Å². The second kappa shape index (κ2) is 8.05. The first-order chi connectivity index (χ1) is 15.5. The molecule has 0 saturated carbocycles. The number of fused-ring (bicyclic) bond motifs is 1. The van der Waals surface area contributed by atoms with Crippen molar-refractivity contribution in [1.29, 1.82) is 0 Å². The first kappa shape index (κ1) is 20.1. The van der Waals surface area contributed by atoms with Gasteiger partial charge in [-0.05, 0) is 47.9 Å². The number of nitrogens with zero attached hydrogens (tertiary/aromatic N) is 1. The molecule has 0 aliphatic heterocycles. The number of hydrogen-bond donors (Lipinski definition) is 0. The zero-order valence-electron chi connectivity index (χ0n) is 18.7. The third-order valence-corrected chi connectivity index (χ3v) is 5.74. The first-order valence-corrected chi connectivity index (χ1v) is 11.0. The van der Waals surface area contributed by atoms with Crippen molar-refractivity contribution in [2.45, 2.75) is 26.2 Å². The molecule has 5 rings (SSSR count). The number of anilines is 3. The molecule has 0 atom stereocenters. The average molecular weight is 418 g/mol. The molecule has 0 aliphatic rings. The van der Waals surface area contributed by atoms with Gasteiger partial charge in [-0.2, -0.15) is 0 Å². The zero-order valence-corrected chi connectivity index (χ0v) is 18.7. The maximum absolute atomic E-state index is 6.44. The van der Waals surface area contributed by atoms with E-state index in [1.165, 1.54) is 10.9 Å². The lowest BCUT2D eigenvalue weighted by Crippen LogP contribution is -2.12. The van der Waals surface area contributed by atoms with E-state index in [1.807, 2.05) is 18.2 Å². The van der Waals surface area contributed by atoms with Crippen LogP contribution in [0.15, 0.2) is 114 Å². The van der Waals surface area contributed by atoms with Gasteiger partial charge in [-0.3, -0.25) is 0 Å². The van der Waals surface area contributed by atoms with E-state index in [1.54, 1.807) is 0 Å². The van der Waals surface area contributed by atoms with E-state index >= 15 is 0 Å². The molecule has 0 saturated heterocycles. The van der Waals surface area contributed by atoms with Crippen molar-refractivity contribution in [1.82, 2.24) is 0 Å². The van der Waals surface area contributed by atoms with Gasteiger partial charge in [0, 0.05) is 33.6 Å². The predicted molar refractivity (Wildman–Crippen MR) is 135 cm³/mol. The Balaban J connectivity index is 1.70. The topological polar surface area (TPSA) is 16.4 Å². The number of hydrogen-bond acceptors (Lipinski definition) is 2. The van der Waals surface area contributed by atoms with Crippen LogP contribution in [0.2, 0.25) is 0 Å². The summed E-state index contributed by atoms with van der Waals surface area (Å²) in [5, 5.41) is 1.18. The third-order valence-electron chi connectivity index (χ3n) is 5.74. The van der Waals surface area contributed by atoms with E-state index < -0.39 is 0 Å². The Hall–Kier alpha value is -3.78. The number of rotatable bonds is 4. The molecule has 0 aliphatic carbocycles. The highest BCUT2D eigenvalue weighted by atomic mass is 16.3. The highest BCUT2D eigenvalue weighted by molar-refractivity contribution is 5.90. The summed E-state index contributed by atoms with van der Waals surface area (Å²) in [6.45, 7) is 6.74. The Morgan fingerprint density at radius 3 is 1.78 bits per heavy atom. The first-order valence-electron chi connectivity index (χ1n) is 11.0. The maximum atomic E-state index is 6.44. The van der Waals surface area contributed by atoms with Crippen LogP contribution < -0.4 is 4.90 Å². The lowest BCUT2D eigenvalue weighted by atomic mass is 9.83. The van der Waals surface area contributed by atoms with Gasteiger partial charge >= 0.3 is 0 Å². The SMILES string of the molecule is CC(C)(C)c1c(-c2cccc(N(c3ccccc3)c3ccccc3)c2)oc2ccccc12. The van der Waals surface area contributed by atoms with Crippen molar-refractivity contribution in [3.8, 4) is 11.3 Å². The van der Waals surface area contributed by atoms with Gasteiger partial charge in [0.15, 0.2) is 0 Å². The van der Waals surface area contributed by atoms with Gasteiger partial charge in [0.25, 0.3) is 0 Å². The summed E-state index contributed by atoms with van der Waals surface area (Å²) in [7, 11) is 0. The summed E-state index contributed by atoms with van der Waals surface area (Å²) in [6.07, 6.45) is 0. The molecule has 0 N–H and O–H groups in total. The largest absolute Gasteiger partial charge is 0.456 e. The molecule has 158 valence electrons. The average Bonchev–Trinajstić information content (AvgIpc) is 3.21. The summed E-state index contributed by atoms with van der Waals surface area (Å²) in [5.41, 5.74) is 6.56. The molecule has 0 spiro atoms. The molecule has 2 nitrogen and oxygen atoms in total. The molecule has 32 heavy (non-hydrogen) atoms. The van der Waals surface area contributed by atoms with Crippen molar-refractivity contribution in [3.05, 3.63) is 115 Å². The smallest absolute Gasteiger partial charge is 0.139 e. The van der Waals surface area contributed by atoms with E-state index in [9.17, 15) is 0 Å². The van der Waals surface area contributed by atoms with Crippen molar-refractivity contribution in [2.24, 2.45) is 0 Å². The van der Waals surface area contributed by atoms with Crippen LogP contribution >= 0.6 is 0 Å². The molecular formula is C30H27NO. The van der Waals surface area contributed by atoms with E-state index in [0.717, 1.165) is 34.0 Å². The normalized spacial score (nSPS) is 11.6. The molecule has 4 aromatic carbocycles. The molecule has 5 aromatic rings. The van der Waals surface area contributed by atoms with Crippen LogP contribution in [0.4, 0.5) is 17.1 Å². The number of furan rings is 1. The summed E-state index contributed by atoms with van der Waals surface area (Å²) in [4.78, 5) is 2.28. The fraction of sp³-hybridized carbons (Fsp3) is 0.133. The van der Waals surface area contributed by atoms with Gasteiger partial charge in [0.2, 0.25) is 0 Å². The van der Waals surface area contributed by atoms with Crippen LogP contribution in [0.5, 0.6) is 0 Å². The van der Waals surface area contributed by atoms with Crippen LogP contribution in [-0.4, -0.2) is 0 Å². The fourth-order valence-corrected chi connectivity index (χ4v) is 4.38. The van der Waals surface area contributed by atoms with Crippen molar-refractivity contribution < 1.29 is 4.42 Å². The molecule has 0 fully saturated rings. The predicted octanol–water partition coefficient (Wildman–Crippen LogP) is 8.87. The number of benzene rings is 4. The quantitative estimate of drug-likeness (QED) is 0.290. The van der Waals surface area contributed by atoms with Gasteiger partial charge in [-0.25, -0.2) is 0 Å². The number of para-hydroxylation sites is 3. The molecule has 0 amide bonds. The minimum atomic E-state index is -0.0452. The van der Waals surface area contributed by atoms with Gasteiger partial charge in [0.05, 0.1) is 0 Å².